The van der Waals surface area contributed by atoms with E-state index >= 15 is 0 Å². The van der Waals surface area contributed by atoms with Gasteiger partial charge in [-0.3, -0.25) is 0 Å². The Morgan fingerprint density at radius 1 is 1.40 bits per heavy atom. The summed E-state index contributed by atoms with van der Waals surface area (Å²) in [6, 6.07) is 0. The average Bonchev–Trinajstić information content (AvgIpc) is 2.19. The Morgan fingerprint density at radius 3 is 2.67 bits per heavy atom. The molecule has 1 saturated heterocycles. The fourth-order valence-electron chi connectivity index (χ4n) is 2.28. The van der Waals surface area contributed by atoms with Crippen LogP contribution < -0.4 is 0 Å². The van der Waals surface area contributed by atoms with Crippen molar-refractivity contribution in [2.75, 3.05) is 26.9 Å². The van der Waals surface area contributed by atoms with Crippen LogP contribution in [0.25, 0.3) is 0 Å². The standard InChI is InChI=1S/C12H24O3/c1-10(9-14-2)7-12(13)8-11-3-5-15-6-4-11/h10-13H,3-9H2,1-2H3. The molecule has 1 fully saturated rings. The number of methoxy groups -OCH3 is 1. The highest BCUT2D eigenvalue weighted by molar-refractivity contribution is 4.70. The zero-order valence-corrected chi connectivity index (χ0v) is 9.95. The molecule has 1 aliphatic rings. The van der Waals surface area contributed by atoms with Crippen LogP contribution in [-0.2, 0) is 9.47 Å². The summed E-state index contributed by atoms with van der Waals surface area (Å²) in [4.78, 5) is 0. The molecule has 0 aromatic rings. The lowest BCUT2D eigenvalue weighted by Crippen LogP contribution is -2.23. The molecule has 3 heteroatoms. The van der Waals surface area contributed by atoms with Gasteiger partial charge in [0.15, 0.2) is 0 Å². The molecule has 0 aromatic heterocycles. The lowest BCUT2D eigenvalue weighted by molar-refractivity contribution is 0.0343. The molecule has 1 rings (SSSR count). The summed E-state index contributed by atoms with van der Waals surface area (Å²) in [5.74, 6) is 1.10. The van der Waals surface area contributed by atoms with E-state index < -0.39 is 0 Å². The minimum Gasteiger partial charge on any atom is -0.393 e. The second kappa shape index (κ2) is 7.20. The molecule has 2 unspecified atom stereocenters. The van der Waals surface area contributed by atoms with E-state index in [9.17, 15) is 5.11 Å². The van der Waals surface area contributed by atoms with Gasteiger partial charge in [-0.15, -0.1) is 0 Å². The number of hydrogen-bond donors (Lipinski definition) is 1. The molecule has 0 amide bonds. The van der Waals surface area contributed by atoms with Crippen LogP contribution in [0.3, 0.4) is 0 Å². The largest absolute Gasteiger partial charge is 0.393 e. The number of aliphatic hydroxyl groups is 1. The summed E-state index contributed by atoms with van der Waals surface area (Å²) < 4.78 is 10.4. The first-order valence-corrected chi connectivity index (χ1v) is 5.97. The first-order valence-electron chi connectivity index (χ1n) is 5.97. The summed E-state index contributed by atoms with van der Waals surface area (Å²) >= 11 is 0. The van der Waals surface area contributed by atoms with Crippen LogP contribution in [-0.4, -0.2) is 38.1 Å². The van der Waals surface area contributed by atoms with E-state index in [1.54, 1.807) is 7.11 Å². The van der Waals surface area contributed by atoms with Crippen LogP contribution >= 0.6 is 0 Å². The summed E-state index contributed by atoms with van der Waals surface area (Å²) in [5.41, 5.74) is 0. The maximum absolute atomic E-state index is 9.90. The van der Waals surface area contributed by atoms with Gasteiger partial charge in [-0.1, -0.05) is 6.92 Å². The maximum atomic E-state index is 9.90. The molecule has 15 heavy (non-hydrogen) atoms. The van der Waals surface area contributed by atoms with Crippen molar-refractivity contribution in [3.05, 3.63) is 0 Å². The Bertz CT molecular complexity index is 155. The average molecular weight is 216 g/mol. The second-order valence-corrected chi connectivity index (χ2v) is 4.74. The van der Waals surface area contributed by atoms with Gasteiger partial charge in [0, 0.05) is 26.9 Å². The van der Waals surface area contributed by atoms with E-state index in [1.807, 2.05) is 0 Å². The van der Waals surface area contributed by atoms with E-state index in [-0.39, 0.29) is 6.10 Å². The number of rotatable bonds is 6. The van der Waals surface area contributed by atoms with Crippen LogP contribution in [0.2, 0.25) is 0 Å². The first kappa shape index (κ1) is 12.9. The Kier molecular flexibility index (Phi) is 6.22. The molecule has 1 N–H and O–H groups in total. The van der Waals surface area contributed by atoms with E-state index in [4.69, 9.17) is 9.47 Å². The molecule has 2 atom stereocenters. The van der Waals surface area contributed by atoms with Crippen LogP contribution in [0.4, 0.5) is 0 Å². The van der Waals surface area contributed by atoms with Crippen molar-refractivity contribution in [2.24, 2.45) is 11.8 Å². The summed E-state index contributed by atoms with van der Waals surface area (Å²) in [5, 5.41) is 9.90. The molecule has 1 aliphatic heterocycles. The van der Waals surface area contributed by atoms with Gasteiger partial charge in [0.25, 0.3) is 0 Å². The lowest BCUT2D eigenvalue weighted by Gasteiger charge is -2.25. The van der Waals surface area contributed by atoms with Gasteiger partial charge in [0.2, 0.25) is 0 Å². The first-order chi connectivity index (χ1) is 7.22. The van der Waals surface area contributed by atoms with Gasteiger partial charge in [-0.05, 0) is 37.5 Å². The third-order valence-corrected chi connectivity index (χ3v) is 3.07. The minimum atomic E-state index is -0.168. The normalized spacial score (nSPS) is 22.6. The number of aliphatic hydroxyl groups excluding tert-OH is 1. The van der Waals surface area contributed by atoms with Gasteiger partial charge in [-0.25, -0.2) is 0 Å². The van der Waals surface area contributed by atoms with Crippen molar-refractivity contribution >= 4 is 0 Å². The van der Waals surface area contributed by atoms with Crippen molar-refractivity contribution in [1.82, 2.24) is 0 Å². The van der Waals surface area contributed by atoms with Gasteiger partial charge < -0.3 is 14.6 Å². The molecule has 0 spiro atoms. The molecular formula is C12H24O3. The summed E-state index contributed by atoms with van der Waals surface area (Å²) in [7, 11) is 1.71. The van der Waals surface area contributed by atoms with Crippen molar-refractivity contribution < 1.29 is 14.6 Å². The highest BCUT2D eigenvalue weighted by Crippen LogP contribution is 2.22. The number of ether oxygens (including phenoxy) is 2. The van der Waals surface area contributed by atoms with E-state index in [0.29, 0.717) is 11.8 Å². The van der Waals surface area contributed by atoms with Crippen LogP contribution in [0, 0.1) is 11.8 Å². The van der Waals surface area contributed by atoms with Gasteiger partial charge in [0.1, 0.15) is 0 Å². The Hall–Kier alpha value is -0.120. The lowest BCUT2D eigenvalue weighted by atomic mass is 9.90. The van der Waals surface area contributed by atoms with Crippen molar-refractivity contribution in [3.8, 4) is 0 Å². The maximum Gasteiger partial charge on any atom is 0.0546 e. The molecule has 1 heterocycles. The van der Waals surface area contributed by atoms with Crippen LogP contribution in [0.5, 0.6) is 0 Å². The van der Waals surface area contributed by atoms with Crippen LogP contribution in [0.1, 0.15) is 32.6 Å². The van der Waals surface area contributed by atoms with E-state index in [2.05, 4.69) is 6.92 Å². The van der Waals surface area contributed by atoms with Gasteiger partial charge in [0.05, 0.1) is 6.10 Å². The molecule has 0 radical (unpaired) electrons. The van der Waals surface area contributed by atoms with E-state index in [1.165, 1.54) is 0 Å². The predicted octanol–water partition coefficient (Wildman–Crippen LogP) is 1.84. The third-order valence-electron chi connectivity index (χ3n) is 3.07. The summed E-state index contributed by atoms with van der Waals surface area (Å²) in [6.07, 6.45) is 3.83. The van der Waals surface area contributed by atoms with Crippen molar-refractivity contribution in [3.63, 3.8) is 0 Å². The Balaban J connectivity index is 2.13. The molecule has 90 valence electrons. The zero-order valence-electron chi connectivity index (χ0n) is 9.95. The van der Waals surface area contributed by atoms with Crippen molar-refractivity contribution in [2.45, 2.75) is 38.7 Å². The second-order valence-electron chi connectivity index (χ2n) is 4.74. The Labute approximate surface area is 92.8 Å². The van der Waals surface area contributed by atoms with Crippen LogP contribution in [0.15, 0.2) is 0 Å². The molecule has 0 aliphatic carbocycles. The smallest absolute Gasteiger partial charge is 0.0546 e. The third kappa shape index (κ3) is 5.50. The monoisotopic (exact) mass is 216 g/mol. The van der Waals surface area contributed by atoms with E-state index in [0.717, 1.165) is 45.5 Å². The summed E-state index contributed by atoms with van der Waals surface area (Å²) in [6.45, 7) is 4.59. The molecule has 0 aromatic carbocycles. The fourth-order valence-corrected chi connectivity index (χ4v) is 2.28. The van der Waals surface area contributed by atoms with Gasteiger partial charge >= 0.3 is 0 Å². The van der Waals surface area contributed by atoms with Crippen molar-refractivity contribution in [1.29, 1.82) is 0 Å². The molecular weight excluding hydrogens is 192 g/mol. The predicted molar refractivity (Wildman–Crippen MR) is 59.8 cm³/mol. The van der Waals surface area contributed by atoms with Gasteiger partial charge in [-0.2, -0.15) is 0 Å². The highest BCUT2D eigenvalue weighted by Gasteiger charge is 2.19. The SMILES string of the molecule is COCC(C)CC(O)CC1CCOCC1. The quantitative estimate of drug-likeness (QED) is 0.736. The highest BCUT2D eigenvalue weighted by atomic mass is 16.5. The number of hydrogen-bond acceptors (Lipinski definition) is 3. The molecule has 0 saturated carbocycles. The topological polar surface area (TPSA) is 38.7 Å². The minimum absolute atomic E-state index is 0.168. The molecule has 0 bridgehead atoms. The zero-order chi connectivity index (χ0) is 11.1. The fraction of sp³-hybridized carbons (Fsp3) is 1.00. The molecule has 3 nitrogen and oxygen atoms in total. The Morgan fingerprint density at radius 2 is 2.07 bits per heavy atom.